The molecular formula is C23H31N3O5+2. The summed E-state index contributed by atoms with van der Waals surface area (Å²) < 4.78 is 21.5. The third-order valence-corrected chi connectivity index (χ3v) is 6.15. The Morgan fingerprint density at radius 2 is 1.74 bits per heavy atom. The maximum Gasteiger partial charge on any atom is 0.282 e. The van der Waals surface area contributed by atoms with Gasteiger partial charge in [0.15, 0.2) is 29.0 Å². The molecule has 2 aromatic rings. The molecule has 4 rings (SSSR count). The highest BCUT2D eigenvalue weighted by atomic mass is 16.7. The lowest BCUT2D eigenvalue weighted by Crippen LogP contribution is -3.29. The van der Waals surface area contributed by atoms with Crippen LogP contribution in [0.3, 0.4) is 0 Å². The minimum Gasteiger partial charge on any atom is -0.493 e. The van der Waals surface area contributed by atoms with Gasteiger partial charge in [0.25, 0.3) is 5.91 Å². The average molecular weight is 430 g/mol. The average Bonchev–Trinajstić information content (AvgIpc) is 3.27. The second-order valence-electron chi connectivity index (χ2n) is 8.05. The lowest BCUT2D eigenvalue weighted by atomic mass is 10.1. The number of rotatable bonds is 7. The smallest absolute Gasteiger partial charge is 0.282 e. The Kier molecular flexibility index (Phi) is 6.48. The Balaban J connectivity index is 1.28. The molecule has 8 nitrogen and oxygen atoms in total. The fourth-order valence-corrected chi connectivity index (χ4v) is 4.22. The zero-order valence-corrected chi connectivity index (χ0v) is 18.3. The minimum atomic E-state index is -0.118. The zero-order chi connectivity index (χ0) is 21.8. The van der Waals surface area contributed by atoms with E-state index in [0.29, 0.717) is 11.5 Å². The maximum absolute atomic E-state index is 12.8. The largest absolute Gasteiger partial charge is 0.493 e. The van der Waals surface area contributed by atoms with Crippen LogP contribution >= 0.6 is 0 Å². The maximum atomic E-state index is 12.8. The first-order valence-electron chi connectivity index (χ1n) is 10.7. The fraction of sp³-hybridized carbons (Fsp3) is 0.435. The predicted molar refractivity (Wildman–Crippen MR) is 115 cm³/mol. The molecule has 166 valence electrons. The Bertz CT molecular complexity index is 927. The minimum absolute atomic E-state index is 0.0252. The summed E-state index contributed by atoms with van der Waals surface area (Å²) in [6, 6.07) is 11.5. The van der Waals surface area contributed by atoms with E-state index in [-0.39, 0.29) is 18.7 Å². The van der Waals surface area contributed by atoms with Gasteiger partial charge in [-0.2, -0.15) is 0 Å². The Morgan fingerprint density at radius 1 is 1.00 bits per heavy atom. The van der Waals surface area contributed by atoms with Crippen molar-refractivity contribution in [3.8, 4) is 23.0 Å². The molecule has 0 radical (unpaired) electrons. The van der Waals surface area contributed by atoms with Crippen molar-refractivity contribution in [2.75, 3.05) is 52.5 Å². The number of quaternary nitrogens is 2. The van der Waals surface area contributed by atoms with Crippen LogP contribution < -0.4 is 34.1 Å². The van der Waals surface area contributed by atoms with Gasteiger partial charge in [0.1, 0.15) is 32.7 Å². The molecular weight excluding hydrogens is 398 g/mol. The van der Waals surface area contributed by atoms with Crippen molar-refractivity contribution in [1.29, 1.82) is 0 Å². The molecule has 0 unspecified atom stereocenters. The van der Waals surface area contributed by atoms with Gasteiger partial charge in [0, 0.05) is 17.3 Å². The van der Waals surface area contributed by atoms with Crippen LogP contribution in [0.5, 0.6) is 23.0 Å². The van der Waals surface area contributed by atoms with Crippen molar-refractivity contribution < 1.29 is 33.5 Å². The zero-order valence-electron chi connectivity index (χ0n) is 18.3. The van der Waals surface area contributed by atoms with Gasteiger partial charge in [-0.3, -0.25) is 4.79 Å². The third-order valence-electron chi connectivity index (χ3n) is 6.15. The number of benzene rings is 2. The van der Waals surface area contributed by atoms with Crippen molar-refractivity contribution in [2.45, 2.75) is 19.5 Å². The van der Waals surface area contributed by atoms with Crippen molar-refractivity contribution in [3.05, 3.63) is 42.0 Å². The van der Waals surface area contributed by atoms with Gasteiger partial charge in [-0.05, 0) is 37.3 Å². The van der Waals surface area contributed by atoms with Crippen molar-refractivity contribution in [2.24, 2.45) is 0 Å². The normalized spacial score (nSPS) is 20.7. The summed E-state index contributed by atoms with van der Waals surface area (Å²) in [5, 5.41) is 3.02. The Hall–Kier alpha value is -2.97. The predicted octanol–water partition coefficient (Wildman–Crippen LogP) is -0.257. The number of fused-ring (bicyclic) bond motifs is 1. The van der Waals surface area contributed by atoms with Gasteiger partial charge in [-0.25, -0.2) is 0 Å². The summed E-state index contributed by atoms with van der Waals surface area (Å²) >= 11 is 0. The fourth-order valence-electron chi connectivity index (χ4n) is 4.22. The summed E-state index contributed by atoms with van der Waals surface area (Å²) in [6.45, 7) is 7.11. The van der Waals surface area contributed by atoms with E-state index in [2.05, 4.69) is 11.4 Å². The number of piperazine rings is 1. The first-order valence-corrected chi connectivity index (χ1v) is 10.7. The van der Waals surface area contributed by atoms with Gasteiger partial charge >= 0.3 is 0 Å². The first-order chi connectivity index (χ1) is 15.1. The van der Waals surface area contributed by atoms with Crippen LogP contribution in [0, 0.1) is 0 Å². The molecule has 0 aromatic heterocycles. The monoisotopic (exact) mass is 429 g/mol. The van der Waals surface area contributed by atoms with Crippen LogP contribution in [0.25, 0.3) is 0 Å². The summed E-state index contributed by atoms with van der Waals surface area (Å²) in [5.41, 5.74) is 1.96. The molecule has 2 aliphatic heterocycles. The Labute approximate surface area is 182 Å². The number of amides is 1. The molecule has 3 N–H and O–H groups in total. The summed E-state index contributed by atoms with van der Waals surface area (Å²) in [6.07, 6.45) is 0. The van der Waals surface area contributed by atoms with Crippen LogP contribution in [0.2, 0.25) is 0 Å². The second kappa shape index (κ2) is 9.45. The van der Waals surface area contributed by atoms with Crippen LogP contribution in [0.4, 0.5) is 5.69 Å². The number of methoxy groups -OCH3 is 2. The van der Waals surface area contributed by atoms with Gasteiger partial charge in [-0.1, -0.05) is 0 Å². The van der Waals surface area contributed by atoms with Crippen LogP contribution in [-0.4, -0.2) is 59.1 Å². The number of nitrogens with one attached hydrogen (secondary N) is 3. The molecule has 2 aromatic carbocycles. The number of anilines is 1. The lowest BCUT2D eigenvalue weighted by Gasteiger charge is -2.32. The van der Waals surface area contributed by atoms with Crippen LogP contribution in [-0.2, 0) is 11.3 Å². The third kappa shape index (κ3) is 4.86. The van der Waals surface area contributed by atoms with Crippen molar-refractivity contribution in [3.63, 3.8) is 0 Å². The molecule has 1 fully saturated rings. The first kappa shape index (κ1) is 21.3. The van der Waals surface area contributed by atoms with Crippen molar-refractivity contribution >= 4 is 11.6 Å². The number of carbonyl (C=O) groups is 1. The standard InChI is InChI=1S/C23H29N3O5/c1-16(23(27)24-18-5-7-20-22(13-18)31-15-30-20)26-10-8-25(9-11-26)14-17-4-6-19(28-2)21(12-17)29-3/h4-7,12-13,16H,8-11,14-15H2,1-3H3,(H,24,27)/p+2/t16-/m1/s1. The van der Waals surface area contributed by atoms with E-state index in [9.17, 15) is 4.79 Å². The summed E-state index contributed by atoms with van der Waals surface area (Å²) in [4.78, 5) is 15.6. The number of carbonyl (C=O) groups excluding carboxylic acids is 1. The van der Waals surface area contributed by atoms with E-state index in [1.807, 2.05) is 37.3 Å². The number of ether oxygens (including phenoxy) is 4. The van der Waals surface area contributed by atoms with Crippen molar-refractivity contribution in [1.82, 2.24) is 0 Å². The van der Waals surface area contributed by atoms with Crippen LogP contribution in [0.15, 0.2) is 36.4 Å². The molecule has 0 spiro atoms. The van der Waals surface area contributed by atoms with Crippen LogP contribution in [0.1, 0.15) is 12.5 Å². The van der Waals surface area contributed by atoms with E-state index < -0.39 is 0 Å². The Morgan fingerprint density at radius 3 is 2.48 bits per heavy atom. The lowest BCUT2D eigenvalue weighted by molar-refractivity contribution is -1.02. The molecule has 2 aliphatic rings. The highest BCUT2D eigenvalue weighted by Gasteiger charge is 2.31. The van der Waals surface area contributed by atoms with Gasteiger partial charge in [0.2, 0.25) is 6.79 Å². The highest BCUT2D eigenvalue weighted by molar-refractivity contribution is 5.94. The topological polar surface area (TPSA) is 74.9 Å². The molecule has 1 saturated heterocycles. The quantitative estimate of drug-likeness (QED) is 0.566. The van der Waals surface area contributed by atoms with E-state index in [0.717, 1.165) is 49.9 Å². The summed E-state index contributed by atoms with van der Waals surface area (Å²) in [5.74, 6) is 2.92. The molecule has 8 heteroatoms. The molecule has 2 heterocycles. The van der Waals surface area contributed by atoms with Gasteiger partial charge in [0.05, 0.1) is 14.2 Å². The SMILES string of the molecule is COc1ccc(C[NH+]2CC[NH+]([C@H](C)C(=O)Nc3ccc4c(c3)OCO4)CC2)cc1OC. The second-order valence-corrected chi connectivity index (χ2v) is 8.05. The molecule has 0 aliphatic carbocycles. The van der Waals surface area contributed by atoms with Gasteiger partial charge in [-0.15, -0.1) is 0 Å². The molecule has 1 amide bonds. The number of hydrogen-bond acceptors (Lipinski definition) is 5. The highest BCUT2D eigenvalue weighted by Crippen LogP contribution is 2.34. The molecule has 0 bridgehead atoms. The summed E-state index contributed by atoms with van der Waals surface area (Å²) in [7, 11) is 3.31. The molecule has 0 saturated carbocycles. The molecule has 31 heavy (non-hydrogen) atoms. The number of hydrogen-bond donors (Lipinski definition) is 3. The molecule has 1 atom stereocenters. The van der Waals surface area contributed by atoms with E-state index in [4.69, 9.17) is 18.9 Å². The van der Waals surface area contributed by atoms with E-state index >= 15 is 0 Å². The van der Waals surface area contributed by atoms with E-state index in [1.54, 1.807) is 14.2 Å². The van der Waals surface area contributed by atoms with Gasteiger partial charge < -0.3 is 34.1 Å². The van der Waals surface area contributed by atoms with E-state index in [1.165, 1.54) is 15.4 Å².